The third kappa shape index (κ3) is 3.78. The number of thioether (sulfide) groups is 1. The molecule has 1 aliphatic rings. The molecule has 0 aromatic heterocycles. The number of carbonyl (C=O) groups is 2. The summed E-state index contributed by atoms with van der Waals surface area (Å²) in [5, 5.41) is 22.8. The Morgan fingerprint density at radius 1 is 1.23 bits per heavy atom. The highest BCUT2D eigenvalue weighted by atomic mass is 32.2. The van der Waals surface area contributed by atoms with Crippen LogP contribution in [0.1, 0.15) is 15.9 Å². The van der Waals surface area contributed by atoms with Gasteiger partial charge in [0.15, 0.2) is 5.17 Å². The molecule has 3 rings (SSSR count). The van der Waals surface area contributed by atoms with Gasteiger partial charge in [-0.1, -0.05) is 24.3 Å². The first-order valence-electron chi connectivity index (χ1n) is 7.30. The molecule has 0 bridgehead atoms. The Hall–Kier alpha value is -3.46. The molecule has 130 valence electrons. The third-order valence-electron chi connectivity index (χ3n) is 3.39. The fourth-order valence-corrected chi connectivity index (χ4v) is 3.06. The second-order valence-corrected chi connectivity index (χ2v) is 6.19. The second kappa shape index (κ2) is 7.19. The van der Waals surface area contributed by atoms with E-state index in [0.29, 0.717) is 10.5 Å². The van der Waals surface area contributed by atoms with Gasteiger partial charge in [0, 0.05) is 12.1 Å². The van der Waals surface area contributed by atoms with E-state index in [4.69, 9.17) is 0 Å². The molecule has 2 aromatic carbocycles. The van der Waals surface area contributed by atoms with Gasteiger partial charge in [-0.2, -0.15) is 0 Å². The number of amidine groups is 1. The predicted molar refractivity (Wildman–Crippen MR) is 97.3 cm³/mol. The van der Waals surface area contributed by atoms with E-state index in [1.165, 1.54) is 36.4 Å². The summed E-state index contributed by atoms with van der Waals surface area (Å²) in [4.78, 5) is 38.1. The number of rotatable bonds is 4. The van der Waals surface area contributed by atoms with Gasteiger partial charge in [0.25, 0.3) is 11.6 Å². The van der Waals surface area contributed by atoms with E-state index in [-0.39, 0.29) is 22.1 Å². The molecule has 1 saturated heterocycles. The van der Waals surface area contributed by atoms with Crippen LogP contribution in [-0.4, -0.2) is 27.1 Å². The Morgan fingerprint density at radius 3 is 2.73 bits per heavy atom. The molecule has 1 amide bonds. The molecule has 0 unspecified atom stereocenters. The standard InChI is InChI=1S/C17H11N3O5S/c21-15-14(9-10-4-3-5-11(8-10)20(24)25)26-17(19-15)18-13-7-2-1-6-12(13)16(22)23/h1-9H,(H,22,23)(H,18,19,21). The van der Waals surface area contributed by atoms with Crippen molar-refractivity contribution < 1.29 is 19.6 Å². The summed E-state index contributed by atoms with van der Waals surface area (Å²) in [6.07, 6.45) is 1.51. The average molecular weight is 369 g/mol. The maximum absolute atomic E-state index is 12.1. The molecule has 0 spiro atoms. The zero-order chi connectivity index (χ0) is 18.7. The van der Waals surface area contributed by atoms with Crippen molar-refractivity contribution in [1.82, 2.24) is 5.32 Å². The highest BCUT2D eigenvalue weighted by Crippen LogP contribution is 2.29. The van der Waals surface area contributed by atoms with Gasteiger partial charge in [0.1, 0.15) is 0 Å². The summed E-state index contributed by atoms with van der Waals surface area (Å²) in [6.45, 7) is 0. The first kappa shape index (κ1) is 17.4. The number of benzene rings is 2. The van der Waals surface area contributed by atoms with Gasteiger partial charge in [0.2, 0.25) is 0 Å². The first-order valence-corrected chi connectivity index (χ1v) is 8.12. The van der Waals surface area contributed by atoms with E-state index >= 15 is 0 Å². The van der Waals surface area contributed by atoms with Gasteiger partial charge in [0.05, 0.1) is 21.1 Å². The lowest BCUT2D eigenvalue weighted by Gasteiger charge is -2.00. The Labute approximate surface area is 151 Å². The number of nitrogens with zero attached hydrogens (tertiary/aromatic N) is 2. The van der Waals surface area contributed by atoms with Crippen LogP contribution in [0.25, 0.3) is 6.08 Å². The maximum Gasteiger partial charge on any atom is 0.337 e. The predicted octanol–water partition coefficient (Wildman–Crippen LogP) is 3.18. The zero-order valence-electron chi connectivity index (χ0n) is 13.1. The van der Waals surface area contributed by atoms with Crippen molar-refractivity contribution >= 4 is 46.3 Å². The van der Waals surface area contributed by atoms with Gasteiger partial charge in [-0.05, 0) is 35.5 Å². The Kier molecular flexibility index (Phi) is 4.81. The second-order valence-electron chi connectivity index (χ2n) is 5.16. The number of carboxylic acid groups (broad SMARTS) is 1. The Bertz CT molecular complexity index is 984. The third-order valence-corrected chi connectivity index (χ3v) is 4.30. The van der Waals surface area contributed by atoms with Crippen LogP contribution >= 0.6 is 11.8 Å². The largest absolute Gasteiger partial charge is 0.478 e. The topological polar surface area (TPSA) is 122 Å². The van der Waals surface area contributed by atoms with E-state index < -0.39 is 16.8 Å². The lowest BCUT2D eigenvalue weighted by atomic mass is 10.2. The van der Waals surface area contributed by atoms with Gasteiger partial charge in [-0.15, -0.1) is 0 Å². The van der Waals surface area contributed by atoms with Gasteiger partial charge in [-0.3, -0.25) is 14.9 Å². The summed E-state index contributed by atoms with van der Waals surface area (Å²) in [7, 11) is 0. The van der Waals surface area contributed by atoms with Gasteiger partial charge in [-0.25, -0.2) is 9.79 Å². The molecule has 2 N–H and O–H groups in total. The van der Waals surface area contributed by atoms with Crippen molar-refractivity contribution in [2.75, 3.05) is 0 Å². The highest BCUT2D eigenvalue weighted by molar-refractivity contribution is 8.18. The van der Waals surface area contributed by atoms with E-state index in [2.05, 4.69) is 10.3 Å². The molecule has 1 heterocycles. The van der Waals surface area contributed by atoms with Crippen molar-refractivity contribution in [3.63, 3.8) is 0 Å². The number of aromatic carboxylic acids is 1. The average Bonchev–Trinajstić information content (AvgIpc) is 2.94. The van der Waals surface area contributed by atoms with Crippen LogP contribution in [0.3, 0.4) is 0 Å². The van der Waals surface area contributed by atoms with E-state index in [9.17, 15) is 24.8 Å². The molecule has 0 atom stereocenters. The van der Waals surface area contributed by atoms with Crippen molar-refractivity contribution in [1.29, 1.82) is 0 Å². The summed E-state index contributed by atoms with van der Waals surface area (Å²) in [5.74, 6) is -1.53. The Balaban J connectivity index is 1.89. The number of hydrogen-bond donors (Lipinski definition) is 2. The number of carboxylic acids is 1. The molecule has 2 aromatic rings. The molecule has 0 saturated carbocycles. The summed E-state index contributed by atoms with van der Waals surface area (Å²) >= 11 is 1.03. The molecule has 0 radical (unpaired) electrons. The van der Waals surface area contributed by atoms with Crippen LogP contribution in [0.2, 0.25) is 0 Å². The van der Waals surface area contributed by atoms with Gasteiger partial charge >= 0.3 is 5.97 Å². The number of para-hydroxylation sites is 1. The number of amides is 1. The smallest absolute Gasteiger partial charge is 0.337 e. The van der Waals surface area contributed by atoms with Crippen molar-refractivity contribution in [3.05, 3.63) is 74.7 Å². The molecular formula is C17H11N3O5S. The fourth-order valence-electron chi connectivity index (χ4n) is 2.22. The summed E-state index contributed by atoms with van der Waals surface area (Å²) in [6, 6.07) is 12.1. The van der Waals surface area contributed by atoms with Crippen LogP contribution in [-0.2, 0) is 4.79 Å². The molecule has 26 heavy (non-hydrogen) atoms. The van der Waals surface area contributed by atoms with Crippen LogP contribution in [0.15, 0.2) is 58.4 Å². The quantitative estimate of drug-likeness (QED) is 0.485. The number of carbonyl (C=O) groups excluding carboxylic acids is 1. The summed E-state index contributed by atoms with van der Waals surface area (Å²) in [5.41, 5.74) is 0.668. The fraction of sp³-hybridized carbons (Fsp3) is 0. The van der Waals surface area contributed by atoms with E-state index in [0.717, 1.165) is 11.8 Å². The molecular weight excluding hydrogens is 358 g/mol. The Morgan fingerprint density at radius 2 is 2.00 bits per heavy atom. The molecule has 1 fully saturated rings. The molecule has 1 aliphatic heterocycles. The molecule has 9 heteroatoms. The monoisotopic (exact) mass is 369 g/mol. The lowest BCUT2D eigenvalue weighted by molar-refractivity contribution is -0.384. The minimum atomic E-state index is -1.12. The lowest BCUT2D eigenvalue weighted by Crippen LogP contribution is -2.19. The maximum atomic E-state index is 12.1. The number of hydrogen-bond acceptors (Lipinski definition) is 6. The summed E-state index contributed by atoms with van der Waals surface area (Å²) < 4.78 is 0. The van der Waals surface area contributed by atoms with Crippen LogP contribution < -0.4 is 5.32 Å². The normalized spacial score (nSPS) is 16.7. The van der Waals surface area contributed by atoms with E-state index in [1.54, 1.807) is 18.2 Å². The number of nitro groups is 1. The van der Waals surface area contributed by atoms with Crippen LogP contribution in [0.5, 0.6) is 0 Å². The number of non-ortho nitro benzene ring substituents is 1. The zero-order valence-corrected chi connectivity index (χ0v) is 13.9. The minimum Gasteiger partial charge on any atom is -0.478 e. The number of aliphatic imine (C=N–C) groups is 1. The molecule has 8 nitrogen and oxygen atoms in total. The minimum absolute atomic E-state index is 0.0194. The number of nitro benzene ring substituents is 1. The number of nitrogens with one attached hydrogen (secondary N) is 1. The van der Waals surface area contributed by atoms with Crippen molar-refractivity contribution in [3.8, 4) is 0 Å². The first-order chi connectivity index (χ1) is 12.4. The van der Waals surface area contributed by atoms with Gasteiger partial charge < -0.3 is 10.4 Å². The van der Waals surface area contributed by atoms with E-state index in [1.807, 2.05) is 0 Å². The van der Waals surface area contributed by atoms with Crippen molar-refractivity contribution in [2.45, 2.75) is 0 Å². The van der Waals surface area contributed by atoms with Crippen molar-refractivity contribution in [2.24, 2.45) is 4.99 Å². The van der Waals surface area contributed by atoms with Crippen LogP contribution in [0.4, 0.5) is 11.4 Å². The molecule has 0 aliphatic carbocycles. The SMILES string of the molecule is O=C1NC(=Nc2ccccc2C(=O)O)SC1=Cc1cccc([N+](=O)[O-])c1. The van der Waals surface area contributed by atoms with Crippen LogP contribution in [0, 0.1) is 10.1 Å². The highest BCUT2D eigenvalue weighted by Gasteiger charge is 2.24.